The second-order valence-electron chi connectivity index (χ2n) is 3.11. The van der Waals surface area contributed by atoms with E-state index >= 15 is 0 Å². The minimum Gasteiger partial charge on any atom is -0.465 e. The van der Waals surface area contributed by atoms with Crippen molar-refractivity contribution >= 4 is 21.9 Å². The van der Waals surface area contributed by atoms with E-state index in [2.05, 4.69) is 31.9 Å². The van der Waals surface area contributed by atoms with Gasteiger partial charge in [-0.25, -0.2) is 4.79 Å². The van der Waals surface area contributed by atoms with E-state index in [4.69, 9.17) is 6.42 Å². The van der Waals surface area contributed by atoms with E-state index in [0.29, 0.717) is 18.7 Å². The Morgan fingerprint density at radius 3 is 2.94 bits per heavy atom. The lowest BCUT2D eigenvalue weighted by Crippen LogP contribution is -2.13. The van der Waals surface area contributed by atoms with Crippen molar-refractivity contribution in [2.75, 3.05) is 13.7 Å². The summed E-state index contributed by atoms with van der Waals surface area (Å²) in [5, 5.41) is 3.07. The van der Waals surface area contributed by atoms with E-state index in [0.717, 1.165) is 10.0 Å². The third-order valence-electron chi connectivity index (χ3n) is 2.02. The van der Waals surface area contributed by atoms with Gasteiger partial charge in [-0.1, -0.05) is 27.9 Å². The zero-order valence-electron chi connectivity index (χ0n) is 8.92. The van der Waals surface area contributed by atoms with Crippen LogP contribution in [-0.2, 0) is 11.3 Å². The predicted molar refractivity (Wildman–Crippen MR) is 66.0 cm³/mol. The van der Waals surface area contributed by atoms with E-state index in [1.165, 1.54) is 7.11 Å². The Balaban J connectivity index is 2.76. The molecule has 0 aliphatic carbocycles. The average Bonchev–Trinajstić information content (AvgIpc) is 2.30. The Morgan fingerprint density at radius 2 is 2.38 bits per heavy atom. The molecule has 0 atom stereocenters. The molecule has 0 aromatic heterocycles. The molecule has 0 fully saturated rings. The van der Waals surface area contributed by atoms with Crippen LogP contribution in [0.5, 0.6) is 0 Å². The van der Waals surface area contributed by atoms with Crippen molar-refractivity contribution in [1.29, 1.82) is 0 Å². The molecule has 0 bridgehead atoms. The van der Waals surface area contributed by atoms with Gasteiger partial charge >= 0.3 is 5.97 Å². The van der Waals surface area contributed by atoms with Crippen LogP contribution in [0, 0.1) is 12.3 Å². The Morgan fingerprint density at radius 1 is 1.62 bits per heavy atom. The second-order valence-corrected chi connectivity index (χ2v) is 3.96. The molecule has 1 rings (SSSR count). The quantitative estimate of drug-likeness (QED) is 0.521. The van der Waals surface area contributed by atoms with Crippen molar-refractivity contribution in [2.45, 2.75) is 6.54 Å². The van der Waals surface area contributed by atoms with Crippen LogP contribution in [0.2, 0.25) is 0 Å². The molecule has 0 radical (unpaired) electrons. The molecule has 0 aliphatic rings. The average molecular weight is 282 g/mol. The lowest BCUT2D eigenvalue weighted by atomic mass is 10.1. The van der Waals surface area contributed by atoms with E-state index in [9.17, 15) is 4.79 Å². The van der Waals surface area contributed by atoms with Gasteiger partial charge in [-0.05, 0) is 17.7 Å². The van der Waals surface area contributed by atoms with Crippen LogP contribution in [0.15, 0.2) is 22.7 Å². The van der Waals surface area contributed by atoms with Gasteiger partial charge in [0.15, 0.2) is 0 Å². The predicted octanol–water partition coefficient (Wildman–Crippen LogP) is 1.96. The van der Waals surface area contributed by atoms with Crippen LogP contribution in [0.4, 0.5) is 0 Å². The molecule has 0 unspecified atom stereocenters. The lowest BCUT2D eigenvalue weighted by molar-refractivity contribution is 0.0600. The number of carbonyl (C=O) groups is 1. The van der Waals surface area contributed by atoms with Crippen molar-refractivity contribution in [3.63, 3.8) is 0 Å². The molecule has 0 saturated carbocycles. The summed E-state index contributed by atoms with van der Waals surface area (Å²) >= 11 is 3.40. The first-order valence-electron chi connectivity index (χ1n) is 4.70. The second kappa shape index (κ2) is 6.31. The zero-order valence-corrected chi connectivity index (χ0v) is 10.5. The summed E-state index contributed by atoms with van der Waals surface area (Å²) in [7, 11) is 1.36. The Bertz CT molecular complexity index is 424. The van der Waals surface area contributed by atoms with Crippen LogP contribution < -0.4 is 5.32 Å². The summed E-state index contributed by atoms with van der Waals surface area (Å²) in [5.74, 6) is 2.15. The maximum absolute atomic E-state index is 11.3. The fraction of sp³-hybridized carbons (Fsp3) is 0.250. The maximum atomic E-state index is 11.3. The number of terminal acetylenes is 1. The molecule has 1 N–H and O–H groups in total. The monoisotopic (exact) mass is 281 g/mol. The minimum atomic E-state index is -0.344. The first-order valence-corrected chi connectivity index (χ1v) is 5.49. The van der Waals surface area contributed by atoms with Gasteiger partial charge in [0, 0.05) is 11.0 Å². The molecule has 84 valence electrons. The van der Waals surface area contributed by atoms with Gasteiger partial charge < -0.3 is 10.1 Å². The van der Waals surface area contributed by atoms with E-state index in [1.54, 1.807) is 12.1 Å². The summed E-state index contributed by atoms with van der Waals surface area (Å²) < 4.78 is 5.49. The van der Waals surface area contributed by atoms with Gasteiger partial charge in [0.05, 0.1) is 19.2 Å². The molecule has 0 spiro atoms. The van der Waals surface area contributed by atoms with Gasteiger partial charge in [0.25, 0.3) is 0 Å². The molecule has 0 aliphatic heterocycles. The number of carbonyl (C=O) groups excluding carboxylic acids is 1. The van der Waals surface area contributed by atoms with Gasteiger partial charge in [0.1, 0.15) is 0 Å². The van der Waals surface area contributed by atoms with E-state index < -0.39 is 0 Å². The van der Waals surface area contributed by atoms with E-state index in [1.807, 2.05) is 6.07 Å². The largest absolute Gasteiger partial charge is 0.465 e. The number of rotatable bonds is 4. The highest BCUT2D eigenvalue weighted by Gasteiger charge is 2.07. The van der Waals surface area contributed by atoms with Crippen molar-refractivity contribution in [3.8, 4) is 12.3 Å². The molecule has 0 heterocycles. The van der Waals surface area contributed by atoms with Crippen LogP contribution in [0.3, 0.4) is 0 Å². The highest BCUT2D eigenvalue weighted by atomic mass is 79.9. The van der Waals surface area contributed by atoms with Gasteiger partial charge in [-0.3, -0.25) is 0 Å². The summed E-state index contributed by atoms with van der Waals surface area (Å²) in [6.45, 7) is 1.18. The minimum absolute atomic E-state index is 0.344. The number of esters is 1. The molecular formula is C12H12BrNO2. The third kappa shape index (κ3) is 3.37. The zero-order chi connectivity index (χ0) is 12.0. The number of hydrogen-bond acceptors (Lipinski definition) is 3. The summed E-state index contributed by atoms with van der Waals surface area (Å²) in [6, 6.07) is 5.32. The van der Waals surface area contributed by atoms with Gasteiger partial charge in [0.2, 0.25) is 0 Å². The number of benzene rings is 1. The number of nitrogens with one attached hydrogen (secondary N) is 1. The van der Waals surface area contributed by atoms with Gasteiger partial charge in [-0.15, -0.1) is 6.42 Å². The smallest absolute Gasteiger partial charge is 0.337 e. The maximum Gasteiger partial charge on any atom is 0.337 e. The third-order valence-corrected chi connectivity index (χ3v) is 2.75. The van der Waals surface area contributed by atoms with Gasteiger partial charge in [-0.2, -0.15) is 0 Å². The fourth-order valence-electron chi connectivity index (χ4n) is 1.20. The topological polar surface area (TPSA) is 38.3 Å². The first kappa shape index (κ1) is 12.8. The van der Waals surface area contributed by atoms with Crippen LogP contribution in [0.25, 0.3) is 0 Å². The molecule has 4 heteroatoms. The Labute approximate surface area is 103 Å². The van der Waals surface area contributed by atoms with Crippen LogP contribution >= 0.6 is 15.9 Å². The number of hydrogen-bond donors (Lipinski definition) is 1. The molecule has 0 amide bonds. The normalized spacial score (nSPS) is 9.56. The van der Waals surface area contributed by atoms with Crippen molar-refractivity contribution < 1.29 is 9.53 Å². The van der Waals surface area contributed by atoms with E-state index in [-0.39, 0.29) is 5.97 Å². The summed E-state index contributed by atoms with van der Waals surface area (Å²) in [5.41, 5.74) is 1.57. The Hall–Kier alpha value is -1.31. The highest BCUT2D eigenvalue weighted by molar-refractivity contribution is 9.10. The lowest BCUT2D eigenvalue weighted by Gasteiger charge is -2.06. The SMILES string of the molecule is C#CCNCc1ccc(C(=O)OC)cc1Br. The highest BCUT2D eigenvalue weighted by Crippen LogP contribution is 2.19. The van der Waals surface area contributed by atoms with Crippen LogP contribution in [-0.4, -0.2) is 19.6 Å². The molecular weight excluding hydrogens is 270 g/mol. The number of ether oxygens (including phenoxy) is 1. The molecule has 1 aromatic rings. The number of halogens is 1. The fourth-order valence-corrected chi connectivity index (χ4v) is 1.72. The van der Waals surface area contributed by atoms with Crippen molar-refractivity contribution in [2.24, 2.45) is 0 Å². The molecule has 1 aromatic carbocycles. The Kier molecular flexibility index (Phi) is 5.03. The molecule has 0 saturated heterocycles. The van der Waals surface area contributed by atoms with Crippen LogP contribution in [0.1, 0.15) is 15.9 Å². The first-order chi connectivity index (χ1) is 7.69. The number of methoxy groups -OCH3 is 1. The van der Waals surface area contributed by atoms with Crippen molar-refractivity contribution in [1.82, 2.24) is 5.32 Å². The standard InChI is InChI=1S/C12H12BrNO2/c1-3-6-14-8-10-5-4-9(7-11(10)13)12(15)16-2/h1,4-5,7,14H,6,8H2,2H3. The summed E-state index contributed by atoms with van der Waals surface area (Å²) in [4.78, 5) is 11.3. The summed E-state index contributed by atoms with van der Waals surface area (Å²) in [6.07, 6.45) is 5.13. The molecule has 3 nitrogen and oxygen atoms in total. The molecule has 16 heavy (non-hydrogen) atoms. The van der Waals surface area contributed by atoms with Crippen molar-refractivity contribution in [3.05, 3.63) is 33.8 Å².